The van der Waals surface area contributed by atoms with Crippen molar-refractivity contribution in [3.8, 4) is 17.9 Å². The van der Waals surface area contributed by atoms with E-state index in [4.69, 9.17) is 16.3 Å². The van der Waals surface area contributed by atoms with Crippen LogP contribution in [0.5, 0.6) is 5.75 Å². The first kappa shape index (κ1) is 12.6. The van der Waals surface area contributed by atoms with Crippen molar-refractivity contribution < 1.29 is 17.9 Å². The number of halogens is 3. The highest BCUT2D eigenvalue weighted by Gasteiger charge is 2.34. The molecule has 0 saturated heterocycles. The Labute approximate surface area is 93.8 Å². The number of anilines is 1. The van der Waals surface area contributed by atoms with Gasteiger partial charge in [0.2, 0.25) is 0 Å². The van der Waals surface area contributed by atoms with E-state index in [-0.39, 0.29) is 11.3 Å². The maximum atomic E-state index is 12.1. The maximum absolute atomic E-state index is 12.1. The minimum Gasteiger partial charge on any atom is -0.402 e. The third kappa shape index (κ3) is 2.98. The van der Waals surface area contributed by atoms with Crippen molar-refractivity contribution in [2.24, 2.45) is 0 Å². The molecule has 0 fully saturated rings. The summed E-state index contributed by atoms with van der Waals surface area (Å²) in [5, 5.41) is 17.1. The molecule has 0 unspecified atom stereocenters. The van der Waals surface area contributed by atoms with E-state index in [1.54, 1.807) is 6.07 Å². The Morgan fingerprint density at radius 3 is 2.53 bits per heavy atom. The maximum Gasteiger partial charge on any atom is 0.573 e. The summed E-state index contributed by atoms with van der Waals surface area (Å²) in [6.45, 7) is 0. The molecule has 17 heavy (non-hydrogen) atoms. The second kappa shape index (κ2) is 4.58. The molecular weight excluding hydrogens is 237 g/mol. The molecule has 0 aliphatic rings. The van der Waals surface area contributed by atoms with Gasteiger partial charge in [-0.15, -0.1) is 13.2 Å². The highest BCUT2D eigenvalue weighted by molar-refractivity contribution is 5.58. The molecule has 0 bridgehead atoms. The molecule has 0 amide bonds. The number of hydrogen-bond donors (Lipinski definition) is 1. The number of rotatable bonds is 2. The summed E-state index contributed by atoms with van der Waals surface area (Å²) in [5.74, 6) is -0.818. The van der Waals surface area contributed by atoms with Gasteiger partial charge in [0.25, 0.3) is 0 Å². The van der Waals surface area contributed by atoms with Crippen LogP contribution in [0.4, 0.5) is 18.9 Å². The SMILES string of the molecule is N#CCc1c(N)cnc(C#N)c1OC(F)(F)F. The van der Waals surface area contributed by atoms with E-state index in [2.05, 4.69) is 9.72 Å². The summed E-state index contributed by atoms with van der Waals surface area (Å²) >= 11 is 0. The van der Waals surface area contributed by atoms with Gasteiger partial charge in [-0.25, -0.2) is 4.98 Å². The molecule has 1 rings (SSSR count). The molecule has 8 heteroatoms. The van der Waals surface area contributed by atoms with Gasteiger partial charge < -0.3 is 10.5 Å². The van der Waals surface area contributed by atoms with Gasteiger partial charge in [-0.3, -0.25) is 0 Å². The summed E-state index contributed by atoms with van der Waals surface area (Å²) < 4.78 is 40.1. The molecule has 1 aromatic heterocycles. The van der Waals surface area contributed by atoms with Gasteiger partial charge in [0.05, 0.1) is 24.4 Å². The predicted octanol–water partition coefficient (Wildman–Crippen LogP) is 1.50. The zero-order valence-electron chi connectivity index (χ0n) is 8.25. The number of ether oxygens (including phenoxy) is 1. The molecule has 0 spiro atoms. The van der Waals surface area contributed by atoms with Crippen molar-refractivity contribution in [2.45, 2.75) is 12.8 Å². The second-order valence-corrected chi connectivity index (χ2v) is 2.86. The number of nitriles is 2. The summed E-state index contributed by atoms with van der Waals surface area (Å²) in [4.78, 5) is 3.40. The number of hydrogen-bond acceptors (Lipinski definition) is 5. The zero-order valence-corrected chi connectivity index (χ0v) is 8.25. The molecule has 0 aliphatic carbocycles. The lowest BCUT2D eigenvalue weighted by Gasteiger charge is -2.13. The lowest BCUT2D eigenvalue weighted by molar-refractivity contribution is -0.275. The molecule has 1 heterocycles. The highest BCUT2D eigenvalue weighted by atomic mass is 19.4. The average molecular weight is 242 g/mol. The van der Waals surface area contributed by atoms with Crippen molar-refractivity contribution in [3.05, 3.63) is 17.5 Å². The van der Waals surface area contributed by atoms with E-state index in [1.807, 2.05) is 0 Å². The quantitative estimate of drug-likeness (QED) is 0.847. The Kier molecular flexibility index (Phi) is 3.39. The monoisotopic (exact) mass is 242 g/mol. The zero-order chi connectivity index (χ0) is 13.1. The van der Waals surface area contributed by atoms with Gasteiger partial charge in [0.1, 0.15) is 6.07 Å². The Morgan fingerprint density at radius 2 is 2.06 bits per heavy atom. The minimum absolute atomic E-state index is 0.134. The molecule has 0 aromatic carbocycles. The van der Waals surface area contributed by atoms with Crippen molar-refractivity contribution >= 4 is 5.69 Å². The molecule has 0 saturated carbocycles. The normalized spacial score (nSPS) is 10.4. The smallest absolute Gasteiger partial charge is 0.402 e. The largest absolute Gasteiger partial charge is 0.573 e. The predicted molar refractivity (Wildman–Crippen MR) is 49.4 cm³/mol. The van der Waals surface area contributed by atoms with Crippen LogP contribution >= 0.6 is 0 Å². The van der Waals surface area contributed by atoms with Crippen molar-refractivity contribution in [2.75, 3.05) is 5.73 Å². The first-order chi connectivity index (χ1) is 7.89. The van der Waals surface area contributed by atoms with E-state index in [0.717, 1.165) is 6.20 Å². The number of nitrogen functional groups attached to an aromatic ring is 1. The van der Waals surface area contributed by atoms with Crippen LogP contribution in [-0.2, 0) is 6.42 Å². The first-order valence-electron chi connectivity index (χ1n) is 4.19. The fourth-order valence-corrected chi connectivity index (χ4v) is 1.11. The van der Waals surface area contributed by atoms with Crippen LogP contribution in [0.15, 0.2) is 6.20 Å². The van der Waals surface area contributed by atoms with Crippen molar-refractivity contribution in [1.29, 1.82) is 10.5 Å². The van der Waals surface area contributed by atoms with Gasteiger partial charge in [0.15, 0.2) is 11.4 Å². The van der Waals surface area contributed by atoms with E-state index in [9.17, 15) is 13.2 Å². The number of aromatic nitrogens is 1. The molecule has 5 nitrogen and oxygen atoms in total. The third-order valence-electron chi connectivity index (χ3n) is 1.75. The molecule has 2 N–H and O–H groups in total. The minimum atomic E-state index is -4.98. The molecule has 88 valence electrons. The van der Waals surface area contributed by atoms with Crippen LogP contribution in [0.1, 0.15) is 11.3 Å². The molecule has 1 aromatic rings. The van der Waals surface area contributed by atoms with E-state index in [0.29, 0.717) is 0 Å². The summed E-state index contributed by atoms with van der Waals surface area (Å²) in [6, 6.07) is 3.08. The fourth-order valence-electron chi connectivity index (χ4n) is 1.11. The summed E-state index contributed by atoms with van der Waals surface area (Å²) in [5.41, 5.74) is 4.48. The Morgan fingerprint density at radius 1 is 1.41 bits per heavy atom. The van der Waals surface area contributed by atoms with Gasteiger partial charge in [0, 0.05) is 5.56 Å². The van der Waals surface area contributed by atoms with Crippen LogP contribution in [0.25, 0.3) is 0 Å². The Balaban J connectivity index is 3.37. The fraction of sp³-hybridized carbons (Fsp3) is 0.222. The standard InChI is InChI=1S/C9H5F3N4O/c10-9(11,12)17-8-5(1-2-13)6(15)4-16-7(8)3-14/h4H,1,15H2. The average Bonchev–Trinajstić information content (AvgIpc) is 2.22. The van der Waals surface area contributed by atoms with Gasteiger partial charge in [-0.2, -0.15) is 10.5 Å². The molecular formula is C9H5F3N4O. The molecule has 0 radical (unpaired) electrons. The highest BCUT2D eigenvalue weighted by Crippen LogP contribution is 2.32. The van der Waals surface area contributed by atoms with Crippen LogP contribution in [0.2, 0.25) is 0 Å². The molecule has 0 atom stereocenters. The lowest BCUT2D eigenvalue weighted by Crippen LogP contribution is -2.20. The Bertz CT molecular complexity index is 513. The molecule has 0 aliphatic heterocycles. The van der Waals surface area contributed by atoms with Crippen molar-refractivity contribution in [3.63, 3.8) is 0 Å². The van der Waals surface area contributed by atoms with Crippen LogP contribution in [0.3, 0.4) is 0 Å². The Hall–Kier alpha value is -2.48. The topological polar surface area (TPSA) is 95.7 Å². The van der Waals surface area contributed by atoms with Crippen LogP contribution in [-0.4, -0.2) is 11.3 Å². The van der Waals surface area contributed by atoms with E-state index >= 15 is 0 Å². The number of pyridine rings is 1. The van der Waals surface area contributed by atoms with Crippen molar-refractivity contribution in [1.82, 2.24) is 4.98 Å². The first-order valence-corrected chi connectivity index (χ1v) is 4.19. The van der Waals surface area contributed by atoms with Gasteiger partial charge in [-0.05, 0) is 0 Å². The summed E-state index contributed by atoms with van der Waals surface area (Å²) in [7, 11) is 0. The summed E-state index contributed by atoms with van der Waals surface area (Å²) in [6.07, 6.45) is -4.38. The van der Waals surface area contributed by atoms with Crippen LogP contribution in [0, 0.1) is 22.7 Å². The van der Waals surface area contributed by atoms with E-state index < -0.39 is 24.2 Å². The number of alkyl halides is 3. The van der Waals surface area contributed by atoms with E-state index in [1.165, 1.54) is 6.07 Å². The second-order valence-electron chi connectivity index (χ2n) is 2.86. The number of nitrogens with two attached hydrogens (primary N) is 1. The lowest BCUT2D eigenvalue weighted by atomic mass is 10.1. The number of nitrogens with zero attached hydrogens (tertiary/aromatic N) is 3. The van der Waals surface area contributed by atoms with Gasteiger partial charge in [-0.1, -0.05) is 0 Å². The van der Waals surface area contributed by atoms with Crippen LogP contribution < -0.4 is 10.5 Å². The van der Waals surface area contributed by atoms with Gasteiger partial charge >= 0.3 is 6.36 Å². The third-order valence-corrected chi connectivity index (χ3v) is 1.75.